The van der Waals surface area contributed by atoms with Crippen LogP contribution in [0.25, 0.3) is 0 Å². The van der Waals surface area contributed by atoms with Gasteiger partial charge in [-0.2, -0.15) is 0 Å². The number of hydrogen-bond donors (Lipinski definition) is 1. The largest absolute Gasteiger partial charge is 0.303 e. The van der Waals surface area contributed by atoms with Gasteiger partial charge in [0.05, 0.1) is 0 Å². The molecule has 98 valence electrons. The van der Waals surface area contributed by atoms with Crippen molar-refractivity contribution in [2.45, 2.75) is 31.8 Å². The maximum atomic E-state index is 13.7. The highest BCUT2D eigenvalue weighted by Gasteiger charge is 2.25. The zero-order chi connectivity index (χ0) is 13.2. The van der Waals surface area contributed by atoms with Crippen molar-refractivity contribution in [1.29, 1.82) is 0 Å². The topological polar surface area (TPSA) is 24.9 Å². The van der Waals surface area contributed by atoms with Crippen LogP contribution in [0.1, 0.15) is 42.1 Å². The van der Waals surface area contributed by atoms with Crippen molar-refractivity contribution in [2.24, 2.45) is 0 Å². The molecule has 2 nitrogen and oxygen atoms in total. The Kier molecular flexibility index (Phi) is 3.30. The number of hydrogen-bond acceptors (Lipinski definition) is 2. The second kappa shape index (κ2) is 5.10. The number of aromatic nitrogens is 1. The smallest absolute Gasteiger partial charge is 0.126 e. The SMILES string of the molecule is CC(NC1CCc2c(F)cccc21)c1ccncc1. The Morgan fingerprint density at radius 3 is 2.84 bits per heavy atom. The van der Waals surface area contributed by atoms with Gasteiger partial charge in [0.15, 0.2) is 0 Å². The first-order chi connectivity index (χ1) is 9.25. The third kappa shape index (κ3) is 2.38. The molecule has 2 atom stereocenters. The highest BCUT2D eigenvalue weighted by molar-refractivity contribution is 5.36. The molecule has 3 rings (SSSR count). The Labute approximate surface area is 112 Å². The van der Waals surface area contributed by atoms with Gasteiger partial charge in [-0.3, -0.25) is 4.98 Å². The van der Waals surface area contributed by atoms with Crippen molar-refractivity contribution in [3.8, 4) is 0 Å². The molecule has 2 aromatic rings. The summed E-state index contributed by atoms with van der Waals surface area (Å²) < 4.78 is 13.7. The first-order valence-electron chi connectivity index (χ1n) is 6.69. The van der Waals surface area contributed by atoms with Gasteiger partial charge < -0.3 is 5.32 Å². The molecule has 19 heavy (non-hydrogen) atoms. The molecule has 0 aliphatic heterocycles. The van der Waals surface area contributed by atoms with E-state index < -0.39 is 0 Å². The lowest BCUT2D eigenvalue weighted by Gasteiger charge is -2.20. The molecule has 1 heterocycles. The molecule has 1 aromatic carbocycles. The van der Waals surface area contributed by atoms with E-state index in [9.17, 15) is 4.39 Å². The third-order valence-electron chi connectivity index (χ3n) is 3.87. The van der Waals surface area contributed by atoms with Crippen LogP contribution < -0.4 is 5.32 Å². The van der Waals surface area contributed by atoms with Gasteiger partial charge in [0.2, 0.25) is 0 Å². The summed E-state index contributed by atoms with van der Waals surface area (Å²) in [5.74, 6) is -0.0710. The summed E-state index contributed by atoms with van der Waals surface area (Å²) >= 11 is 0. The van der Waals surface area contributed by atoms with Gasteiger partial charge in [0.1, 0.15) is 5.82 Å². The molecule has 1 N–H and O–H groups in total. The number of rotatable bonds is 3. The second-order valence-corrected chi connectivity index (χ2v) is 5.07. The highest BCUT2D eigenvalue weighted by atomic mass is 19.1. The summed E-state index contributed by atoms with van der Waals surface area (Å²) in [5, 5.41) is 3.58. The summed E-state index contributed by atoms with van der Waals surface area (Å²) in [4.78, 5) is 4.03. The van der Waals surface area contributed by atoms with Crippen LogP contribution in [0.5, 0.6) is 0 Å². The van der Waals surface area contributed by atoms with Gasteiger partial charge in [-0.1, -0.05) is 12.1 Å². The average Bonchev–Trinajstić information content (AvgIpc) is 2.84. The first-order valence-corrected chi connectivity index (χ1v) is 6.69. The van der Waals surface area contributed by atoms with Gasteiger partial charge >= 0.3 is 0 Å². The van der Waals surface area contributed by atoms with E-state index >= 15 is 0 Å². The van der Waals surface area contributed by atoms with Gasteiger partial charge in [-0.15, -0.1) is 0 Å². The van der Waals surface area contributed by atoms with Crippen LogP contribution in [0.3, 0.4) is 0 Å². The number of fused-ring (bicyclic) bond motifs is 1. The third-order valence-corrected chi connectivity index (χ3v) is 3.87. The maximum absolute atomic E-state index is 13.7. The number of benzene rings is 1. The molecular weight excluding hydrogens is 239 g/mol. The van der Waals surface area contributed by atoms with Crippen LogP contribution in [0.15, 0.2) is 42.7 Å². The van der Waals surface area contributed by atoms with Crippen molar-refractivity contribution in [1.82, 2.24) is 10.3 Å². The zero-order valence-corrected chi connectivity index (χ0v) is 10.9. The average molecular weight is 256 g/mol. The minimum absolute atomic E-state index is 0.0710. The molecule has 0 saturated carbocycles. The lowest BCUT2D eigenvalue weighted by molar-refractivity contribution is 0.465. The Bertz CT molecular complexity index is 568. The van der Waals surface area contributed by atoms with Gasteiger partial charge in [0.25, 0.3) is 0 Å². The van der Waals surface area contributed by atoms with E-state index in [4.69, 9.17) is 0 Å². The fraction of sp³-hybridized carbons (Fsp3) is 0.312. The molecule has 0 saturated heterocycles. The van der Waals surface area contributed by atoms with Gasteiger partial charge in [-0.05, 0) is 54.7 Å². The van der Waals surface area contributed by atoms with Crippen LogP contribution in [0.2, 0.25) is 0 Å². The molecule has 1 aliphatic rings. The normalized spacial score (nSPS) is 19.2. The predicted octanol–water partition coefficient (Wildman–Crippen LogP) is 3.56. The lowest BCUT2D eigenvalue weighted by atomic mass is 10.0. The highest BCUT2D eigenvalue weighted by Crippen LogP contribution is 2.34. The number of halogens is 1. The second-order valence-electron chi connectivity index (χ2n) is 5.07. The van der Waals surface area contributed by atoms with Crippen molar-refractivity contribution >= 4 is 0 Å². The van der Waals surface area contributed by atoms with E-state index in [2.05, 4.69) is 17.2 Å². The van der Waals surface area contributed by atoms with E-state index in [1.54, 1.807) is 24.5 Å². The molecule has 0 radical (unpaired) electrons. The predicted molar refractivity (Wildman–Crippen MR) is 73.2 cm³/mol. The Balaban J connectivity index is 1.78. The summed E-state index contributed by atoms with van der Waals surface area (Å²) in [6, 6.07) is 9.88. The minimum Gasteiger partial charge on any atom is -0.303 e. The summed E-state index contributed by atoms with van der Waals surface area (Å²) in [5.41, 5.74) is 3.20. The van der Waals surface area contributed by atoms with Crippen molar-refractivity contribution in [2.75, 3.05) is 0 Å². The quantitative estimate of drug-likeness (QED) is 0.908. The monoisotopic (exact) mass is 256 g/mol. The van der Waals surface area contributed by atoms with E-state index in [1.807, 2.05) is 18.2 Å². The fourth-order valence-corrected chi connectivity index (χ4v) is 2.83. The molecular formula is C16H17FN2. The van der Waals surface area contributed by atoms with E-state index in [-0.39, 0.29) is 17.9 Å². The summed E-state index contributed by atoms with van der Waals surface area (Å²) in [6.07, 6.45) is 5.39. The van der Waals surface area contributed by atoms with Crippen LogP contribution in [-0.4, -0.2) is 4.98 Å². The summed E-state index contributed by atoms with van der Waals surface area (Å²) in [6.45, 7) is 2.13. The van der Waals surface area contributed by atoms with Crippen LogP contribution in [-0.2, 0) is 6.42 Å². The van der Waals surface area contributed by atoms with E-state index in [0.717, 1.165) is 24.0 Å². The van der Waals surface area contributed by atoms with Crippen molar-refractivity contribution < 1.29 is 4.39 Å². The molecule has 0 fully saturated rings. The van der Waals surface area contributed by atoms with Crippen LogP contribution in [0, 0.1) is 5.82 Å². The van der Waals surface area contributed by atoms with Crippen LogP contribution >= 0.6 is 0 Å². The molecule has 0 bridgehead atoms. The summed E-state index contributed by atoms with van der Waals surface area (Å²) in [7, 11) is 0. The number of nitrogens with zero attached hydrogens (tertiary/aromatic N) is 1. The molecule has 0 amide bonds. The molecule has 1 aromatic heterocycles. The van der Waals surface area contributed by atoms with Crippen molar-refractivity contribution in [3.05, 3.63) is 65.2 Å². The molecule has 0 spiro atoms. The minimum atomic E-state index is -0.0710. The van der Waals surface area contributed by atoms with Gasteiger partial charge in [0, 0.05) is 24.5 Å². The van der Waals surface area contributed by atoms with E-state index in [1.165, 1.54) is 5.56 Å². The fourth-order valence-electron chi connectivity index (χ4n) is 2.83. The molecule has 1 aliphatic carbocycles. The van der Waals surface area contributed by atoms with Crippen molar-refractivity contribution in [3.63, 3.8) is 0 Å². The molecule has 3 heteroatoms. The maximum Gasteiger partial charge on any atom is 0.126 e. The molecule has 2 unspecified atom stereocenters. The van der Waals surface area contributed by atoms with E-state index in [0.29, 0.717) is 0 Å². The standard InChI is InChI=1S/C16H17FN2/c1-11(12-7-9-18-10-8-12)19-16-6-5-13-14(16)3-2-4-15(13)17/h2-4,7-11,16,19H,5-6H2,1H3. The van der Waals surface area contributed by atoms with Crippen LogP contribution in [0.4, 0.5) is 4.39 Å². The number of pyridine rings is 1. The Morgan fingerprint density at radius 2 is 2.05 bits per heavy atom. The zero-order valence-electron chi connectivity index (χ0n) is 10.9. The lowest BCUT2D eigenvalue weighted by Crippen LogP contribution is -2.23. The van der Waals surface area contributed by atoms with Gasteiger partial charge in [-0.25, -0.2) is 4.39 Å². The number of nitrogens with one attached hydrogen (secondary N) is 1. The Hall–Kier alpha value is -1.74. The Morgan fingerprint density at radius 1 is 1.26 bits per heavy atom. The first kappa shape index (κ1) is 12.3.